The predicted molar refractivity (Wildman–Crippen MR) is 91.7 cm³/mol. The lowest BCUT2D eigenvalue weighted by Crippen LogP contribution is -2.55. The number of nitrogens with zero attached hydrogens (tertiary/aromatic N) is 1. The predicted octanol–water partition coefficient (Wildman–Crippen LogP) is 3.39. The summed E-state index contributed by atoms with van der Waals surface area (Å²) in [5, 5.41) is 0.631. The lowest BCUT2D eigenvalue weighted by atomic mass is 9.81. The molecule has 22 heavy (non-hydrogen) atoms. The molecule has 0 heterocycles. The molecule has 6 heteroatoms. The average Bonchev–Trinajstić information content (AvgIpc) is 2.47. The highest BCUT2D eigenvalue weighted by Crippen LogP contribution is 2.29. The quantitative estimate of drug-likeness (QED) is 0.908. The second-order valence-electron chi connectivity index (χ2n) is 5.83. The number of ether oxygens (including phenoxy) is 1. The van der Waals surface area contributed by atoms with Crippen LogP contribution >= 0.6 is 24.0 Å². The number of methoxy groups -OCH3 is 1. The molecule has 1 amide bonds. The fourth-order valence-corrected chi connectivity index (χ4v) is 3.17. The Labute approximate surface area is 143 Å². The second-order valence-corrected chi connectivity index (χ2v) is 6.27. The van der Waals surface area contributed by atoms with Crippen LogP contribution in [0, 0.1) is 0 Å². The summed E-state index contributed by atoms with van der Waals surface area (Å²) in [6.45, 7) is 0.446. The number of halogens is 2. The molecule has 1 aromatic carbocycles. The van der Waals surface area contributed by atoms with Gasteiger partial charge in [0.2, 0.25) is 5.91 Å². The molecule has 0 spiro atoms. The van der Waals surface area contributed by atoms with Crippen molar-refractivity contribution in [2.75, 3.05) is 14.2 Å². The van der Waals surface area contributed by atoms with Crippen LogP contribution in [-0.4, -0.2) is 30.5 Å². The maximum absolute atomic E-state index is 12.6. The monoisotopic (exact) mass is 346 g/mol. The summed E-state index contributed by atoms with van der Waals surface area (Å²) in [5.41, 5.74) is 6.49. The molecule has 1 aliphatic rings. The smallest absolute Gasteiger partial charge is 0.242 e. The number of nitrogens with two attached hydrogens (primary N) is 1. The normalized spacial score (nSPS) is 16.5. The van der Waals surface area contributed by atoms with Gasteiger partial charge in [-0.15, -0.1) is 12.4 Å². The molecule has 2 rings (SSSR count). The maximum Gasteiger partial charge on any atom is 0.242 e. The Kier molecular flexibility index (Phi) is 6.98. The number of likely N-dealkylation sites (N-methyl/N-ethyl adjacent to an activating group) is 1. The Balaban J connectivity index is 0.00000242. The van der Waals surface area contributed by atoms with Gasteiger partial charge in [0.05, 0.1) is 12.6 Å². The van der Waals surface area contributed by atoms with E-state index >= 15 is 0 Å². The van der Waals surface area contributed by atoms with Crippen molar-refractivity contribution in [3.63, 3.8) is 0 Å². The fraction of sp³-hybridized carbons (Fsp3) is 0.562. The summed E-state index contributed by atoms with van der Waals surface area (Å²) in [6, 6.07) is 5.42. The Bertz CT molecular complexity index is 517. The standard InChI is InChI=1S/C16H23ClN2O2.ClH/c1-19(15(20)16(18)8-4-3-5-9-16)11-12-10-13(17)6-7-14(12)21-2;/h6-7,10H,3-5,8-9,11,18H2,1-2H3;1H. The van der Waals surface area contributed by atoms with Crippen molar-refractivity contribution in [2.45, 2.75) is 44.2 Å². The SMILES string of the molecule is COc1ccc(Cl)cc1CN(C)C(=O)C1(N)CCCCC1.Cl. The zero-order valence-electron chi connectivity index (χ0n) is 13.1. The van der Waals surface area contributed by atoms with Crippen molar-refractivity contribution in [3.8, 4) is 5.75 Å². The Hall–Kier alpha value is -0.970. The molecule has 2 N–H and O–H groups in total. The first-order chi connectivity index (χ1) is 9.96. The first-order valence-electron chi connectivity index (χ1n) is 7.33. The van der Waals surface area contributed by atoms with Crippen molar-refractivity contribution in [1.29, 1.82) is 0 Å². The Morgan fingerprint density at radius 2 is 2.00 bits per heavy atom. The number of benzene rings is 1. The first-order valence-corrected chi connectivity index (χ1v) is 7.71. The number of amides is 1. The van der Waals surface area contributed by atoms with Gasteiger partial charge in [-0.25, -0.2) is 0 Å². The van der Waals surface area contributed by atoms with Gasteiger partial charge in [-0.3, -0.25) is 4.79 Å². The van der Waals surface area contributed by atoms with Crippen LogP contribution in [0.15, 0.2) is 18.2 Å². The lowest BCUT2D eigenvalue weighted by molar-refractivity contribution is -0.137. The lowest BCUT2D eigenvalue weighted by Gasteiger charge is -2.35. The van der Waals surface area contributed by atoms with Crippen LogP contribution in [0.25, 0.3) is 0 Å². The van der Waals surface area contributed by atoms with E-state index in [-0.39, 0.29) is 18.3 Å². The topological polar surface area (TPSA) is 55.6 Å². The number of hydrogen-bond acceptors (Lipinski definition) is 3. The van der Waals surface area contributed by atoms with Gasteiger partial charge in [0.1, 0.15) is 5.75 Å². The van der Waals surface area contributed by atoms with Gasteiger partial charge in [-0.1, -0.05) is 30.9 Å². The molecular formula is C16H24Cl2N2O2. The molecule has 0 unspecified atom stereocenters. The molecule has 0 bridgehead atoms. The summed E-state index contributed by atoms with van der Waals surface area (Å²) in [6.07, 6.45) is 4.75. The molecule has 0 aliphatic heterocycles. The summed E-state index contributed by atoms with van der Waals surface area (Å²) in [4.78, 5) is 14.3. The van der Waals surface area contributed by atoms with Crippen molar-refractivity contribution in [2.24, 2.45) is 5.73 Å². The third kappa shape index (κ3) is 4.28. The van der Waals surface area contributed by atoms with Crippen LogP contribution in [0.2, 0.25) is 5.02 Å². The number of rotatable bonds is 4. The van der Waals surface area contributed by atoms with Crippen LogP contribution in [-0.2, 0) is 11.3 Å². The molecular weight excluding hydrogens is 323 g/mol. The Morgan fingerprint density at radius 3 is 2.59 bits per heavy atom. The summed E-state index contributed by atoms with van der Waals surface area (Å²) >= 11 is 6.03. The van der Waals surface area contributed by atoms with E-state index in [1.165, 1.54) is 0 Å². The van der Waals surface area contributed by atoms with Crippen LogP contribution in [0.1, 0.15) is 37.7 Å². The van der Waals surface area contributed by atoms with Crippen LogP contribution in [0.4, 0.5) is 0 Å². The largest absolute Gasteiger partial charge is 0.496 e. The van der Waals surface area contributed by atoms with Crippen LogP contribution in [0.3, 0.4) is 0 Å². The average molecular weight is 347 g/mol. The molecule has 1 aliphatic carbocycles. The van der Waals surface area contributed by atoms with Crippen molar-refractivity contribution in [1.82, 2.24) is 4.90 Å². The minimum atomic E-state index is -0.710. The summed E-state index contributed by atoms with van der Waals surface area (Å²) in [5.74, 6) is 0.734. The van der Waals surface area contributed by atoms with Gasteiger partial charge in [0.15, 0.2) is 0 Å². The molecule has 1 saturated carbocycles. The van der Waals surface area contributed by atoms with E-state index in [0.717, 1.165) is 43.4 Å². The third-order valence-electron chi connectivity index (χ3n) is 4.17. The third-order valence-corrected chi connectivity index (χ3v) is 4.40. The van der Waals surface area contributed by atoms with Crippen molar-refractivity contribution < 1.29 is 9.53 Å². The molecule has 0 aromatic heterocycles. The van der Waals surface area contributed by atoms with Crippen LogP contribution < -0.4 is 10.5 Å². The van der Waals surface area contributed by atoms with Gasteiger partial charge in [0, 0.05) is 24.2 Å². The van der Waals surface area contributed by atoms with E-state index in [2.05, 4.69) is 0 Å². The molecule has 0 atom stereocenters. The Morgan fingerprint density at radius 1 is 1.36 bits per heavy atom. The molecule has 0 radical (unpaired) electrons. The molecule has 1 fully saturated rings. The number of carbonyl (C=O) groups is 1. The first kappa shape index (κ1) is 19.1. The van der Waals surface area contributed by atoms with E-state index in [9.17, 15) is 4.79 Å². The highest BCUT2D eigenvalue weighted by atomic mass is 35.5. The van der Waals surface area contributed by atoms with Crippen LogP contribution in [0.5, 0.6) is 5.75 Å². The molecule has 0 saturated heterocycles. The summed E-state index contributed by atoms with van der Waals surface area (Å²) < 4.78 is 5.32. The van der Waals surface area contributed by atoms with Crippen molar-refractivity contribution >= 4 is 29.9 Å². The number of hydrogen-bond donors (Lipinski definition) is 1. The molecule has 124 valence electrons. The minimum Gasteiger partial charge on any atom is -0.496 e. The van der Waals surface area contributed by atoms with Gasteiger partial charge in [-0.05, 0) is 31.0 Å². The van der Waals surface area contributed by atoms with Gasteiger partial charge in [0.25, 0.3) is 0 Å². The maximum atomic E-state index is 12.6. The second kappa shape index (κ2) is 8.04. The highest BCUT2D eigenvalue weighted by molar-refractivity contribution is 6.30. The zero-order chi connectivity index (χ0) is 15.5. The molecule has 1 aromatic rings. The van der Waals surface area contributed by atoms with E-state index in [0.29, 0.717) is 11.6 Å². The summed E-state index contributed by atoms with van der Waals surface area (Å²) in [7, 11) is 3.39. The van der Waals surface area contributed by atoms with E-state index in [1.54, 1.807) is 25.1 Å². The fourth-order valence-electron chi connectivity index (χ4n) is 2.97. The van der Waals surface area contributed by atoms with E-state index in [4.69, 9.17) is 22.1 Å². The van der Waals surface area contributed by atoms with Gasteiger partial charge >= 0.3 is 0 Å². The zero-order valence-corrected chi connectivity index (χ0v) is 14.7. The highest BCUT2D eigenvalue weighted by Gasteiger charge is 2.37. The van der Waals surface area contributed by atoms with Gasteiger partial charge < -0.3 is 15.4 Å². The van der Waals surface area contributed by atoms with Crippen molar-refractivity contribution in [3.05, 3.63) is 28.8 Å². The van der Waals surface area contributed by atoms with Gasteiger partial charge in [-0.2, -0.15) is 0 Å². The van der Waals surface area contributed by atoms with E-state index in [1.807, 2.05) is 12.1 Å². The van der Waals surface area contributed by atoms with E-state index < -0.39 is 5.54 Å². The number of carbonyl (C=O) groups excluding carboxylic acids is 1. The molecule has 4 nitrogen and oxygen atoms in total. The minimum absolute atomic E-state index is 0.